The van der Waals surface area contributed by atoms with Crippen LogP contribution in [0.3, 0.4) is 0 Å². The van der Waals surface area contributed by atoms with Crippen LogP contribution >= 0.6 is 11.6 Å². The summed E-state index contributed by atoms with van der Waals surface area (Å²) in [5.74, 6) is 0.634. The van der Waals surface area contributed by atoms with Gasteiger partial charge in [-0.15, -0.1) is 0 Å². The van der Waals surface area contributed by atoms with Gasteiger partial charge in [-0.2, -0.15) is 0 Å². The highest BCUT2D eigenvalue weighted by Gasteiger charge is 2.28. The van der Waals surface area contributed by atoms with Crippen molar-refractivity contribution in [1.29, 1.82) is 0 Å². The third-order valence-corrected chi connectivity index (χ3v) is 6.25. The van der Waals surface area contributed by atoms with Crippen molar-refractivity contribution in [1.82, 2.24) is 16.0 Å². The molecule has 0 aliphatic carbocycles. The van der Waals surface area contributed by atoms with Crippen LogP contribution in [0.1, 0.15) is 18.4 Å². The number of sulfone groups is 1. The highest BCUT2D eigenvalue weighted by atomic mass is 35.5. The lowest BCUT2D eigenvalue weighted by atomic mass is 10.1. The third-order valence-electron chi connectivity index (χ3n) is 4.11. The zero-order chi connectivity index (χ0) is 19.0. The van der Waals surface area contributed by atoms with E-state index in [-0.39, 0.29) is 29.9 Å². The van der Waals surface area contributed by atoms with Crippen molar-refractivity contribution >= 4 is 33.3 Å². The zero-order valence-electron chi connectivity index (χ0n) is 14.8. The Labute approximate surface area is 159 Å². The van der Waals surface area contributed by atoms with Gasteiger partial charge in [0.25, 0.3) is 0 Å². The van der Waals surface area contributed by atoms with Crippen LogP contribution in [0.4, 0.5) is 0 Å². The maximum Gasteiger partial charge on any atom is 0.222 e. The van der Waals surface area contributed by atoms with Crippen LogP contribution in [0.5, 0.6) is 0 Å². The Balaban J connectivity index is 1.64. The van der Waals surface area contributed by atoms with Crippen molar-refractivity contribution in [2.24, 2.45) is 4.99 Å². The van der Waals surface area contributed by atoms with Gasteiger partial charge in [0.05, 0.1) is 11.5 Å². The molecule has 1 unspecified atom stereocenters. The molecule has 0 bridgehead atoms. The number of amides is 1. The molecule has 0 spiro atoms. The molecule has 3 N–H and O–H groups in total. The van der Waals surface area contributed by atoms with E-state index >= 15 is 0 Å². The number of rotatable bonds is 7. The lowest BCUT2D eigenvalue weighted by molar-refractivity contribution is -0.121. The van der Waals surface area contributed by atoms with Gasteiger partial charge in [-0.25, -0.2) is 8.42 Å². The minimum Gasteiger partial charge on any atom is -0.356 e. The molecule has 2 rings (SSSR count). The van der Waals surface area contributed by atoms with Crippen molar-refractivity contribution in [2.75, 3.05) is 31.6 Å². The molecular weight excluding hydrogens is 376 g/mol. The first-order valence-electron chi connectivity index (χ1n) is 8.57. The van der Waals surface area contributed by atoms with Gasteiger partial charge in [-0.3, -0.25) is 9.79 Å². The molecule has 1 saturated heterocycles. The van der Waals surface area contributed by atoms with Crippen LogP contribution in [0, 0.1) is 0 Å². The Morgan fingerprint density at radius 3 is 2.65 bits per heavy atom. The van der Waals surface area contributed by atoms with Crippen LogP contribution < -0.4 is 16.0 Å². The number of hydrogen-bond acceptors (Lipinski definition) is 4. The third kappa shape index (κ3) is 6.84. The summed E-state index contributed by atoms with van der Waals surface area (Å²) >= 11 is 6.12. The number of hydrogen-bond donors (Lipinski definition) is 3. The molecule has 1 amide bonds. The predicted octanol–water partition coefficient (Wildman–Crippen LogP) is 0.741. The number of halogens is 1. The SMILES string of the molecule is CN=C(NCCC(=O)NC1CCS(=O)(=O)C1)NCCc1ccccc1Cl. The molecule has 1 aliphatic heterocycles. The van der Waals surface area contributed by atoms with E-state index in [9.17, 15) is 13.2 Å². The van der Waals surface area contributed by atoms with Crippen molar-refractivity contribution in [2.45, 2.75) is 25.3 Å². The Kier molecular flexibility index (Phi) is 7.71. The topological polar surface area (TPSA) is 99.7 Å². The van der Waals surface area contributed by atoms with Gasteiger partial charge in [0, 0.05) is 37.6 Å². The van der Waals surface area contributed by atoms with E-state index in [1.54, 1.807) is 7.05 Å². The summed E-state index contributed by atoms with van der Waals surface area (Å²) in [5.41, 5.74) is 1.06. The molecule has 0 radical (unpaired) electrons. The highest BCUT2D eigenvalue weighted by Crippen LogP contribution is 2.14. The van der Waals surface area contributed by atoms with Crippen LogP contribution in [0.15, 0.2) is 29.3 Å². The average molecular weight is 401 g/mol. The van der Waals surface area contributed by atoms with Gasteiger partial charge in [-0.1, -0.05) is 29.8 Å². The molecule has 7 nitrogen and oxygen atoms in total. The normalized spacial score (nSPS) is 19.2. The molecule has 26 heavy (non-hydrogen) atoms. The number of aliphatic imine (C=N–C) groups is 1. The lowest BCUT2D eigenvalue weighted by Gasteiger charge is -2.13. The smallest absolute Gasteiger partial charge is 0.222 e. The fraction of sp³-hybridized carbons (Fsp3) is 0.529. The minimum atomic E-state index is -2.98. The molecular formula is C17H25ClN4O3S. The Bertz CT molecular complexity index is 752. The largest absolute Gasteiger partial charge is 0.356 e. The Morgan fingerprint density at radius 1 is 1.27 bits per heavy atom. The lowest BCUT2D eigenvalue weighted by Crippen LogP contribution is -2.41. The molecule has 0 aromatic heterocycles. The number of carbonyl (C=O) groups is 1. The first-order valence-corrected chi connectivity index (χ1v) is 10.8. The number of benzene rings is 1. The van der Waals surface area contributed by atoms with Crippen LogP contribution in [-0.4, -0.2) is 58.0 Å². The van der Waals surface area contributed by atoms with Gasteiger partial charge in [0.2, 0.25) is 5.91 Å². The zero-order valence-corrected chi connectivity index (χ0v) is 16.4. The van der Waals surface area contributed by atoms with E-state index in [0.717, 1.165) is 17.0 Å². The van der Waals surface area contributed by atoms with Gasteiger partial charge >= 0.3 is 0 Å². The summed E-state index contributed by atoms with van der Waals surface area (Å²) in [6.45, 7) is 1.08. The molecule has 1 aromatic carbocycles. The van der Waals surface area contributed by atoms with Crippen LogP contribution in [0.25, 0.3) is 0 Å². The van der Waals surface area contributed by atoms with E-state index in [2.05, 4.69) is 20.9 Å². The number of carbonyl (C=O) groups excluding carboxylic acids is 1. The Morgan fingerprint density at radius 2 is 2.00 bits per heavy atom. The van der Waals surface area contributed by atoms with E-state index in [1.165, 1.54) is 0 Å². The summed E-state index contributed by atoms with van der Waals surface area (Å²) in [6.07, 6.45) is 1.51. The van der Waals surface area contributed by atoms with E-state index in [0.29, 0.717) is 25.5 Å². The van der Waals surface area contributed by atoms with Crippen molar-refractivity contribution in [3.8, 4) is 0 Å². The summed E-state index contributed by atoms with van der Waals surface area (Å²) in [4.78, 5) is 16.0. The maximum absolute atomic E-state index is 11.9. The molecule has 0 saturated carbocycles. The van der Waals surface area contributed by atoms with E-state index < -0.39 is 9.84 Å². The Hall–Kier alpha value is -1.80. The second kappa shape index (κ2) is 9.78. The van der Waals surface area contributed by atoms with Crippen LogP contribution in [-0.2, 0) is 21.1 Å². The molecule has 9 heteroatoms. The first kappa shape index (κ1) is 20.5. The van der Waals surface area contributed by atoms with Gasteiger partial charge in [0.15, 0.2) is 15.8 Å². The summed E-state index contributed by atoms with van der Waals surface area (Å²) in [5, 5.41) is 9.74. The van der Waals surface area contributed by atoms with Crippen molar-refractivity contribution in [3.63, 3.8) is 0 Å². The number of nitrogens with zero attached hydrogens (tertiary/aromatic N) is 1. The molecule has 1 aromatic rings. The number of guanidine groups is 1. The molecule has 1 heterocycles. The fourth-order valence-electron chi connectivity index (χ4n) is 2.74. The van der Waals surface area contributed by atoms with Crippen molar-refractivity contribution in [3.05, 3.63) is 34.9 Å². The first-order chi connectivity index (χ1) is 12.4. The summed E-state index contributed by atoms with van der Waals surface area (Å²) in [7, 11) is -1.32. The van der Waals surface area contributed by atoms with Crippen LogP contribution in [0.2, 0.25) is 5.02 Å². The number of nitrogens with one attached hydrogen (secondary N) is 3. The molecule has 1 aliphatic rings. The quantitative estimate of drug-likeness (QED) is 0.463. The molecule has 144 valence electrons. The average Bonchev–Trinajstić information content (AvgIpc) is 2.93. The predicted molar refractivity (Wildman–Crippen MR) is 104 cm³/mol. The van der Waals surface area contributed by atoms with Gasteiger partial charge in [-0.05, 0) is 24.5 Å². The monoisotopic (exact) mass is 400 g/mol. The maximum atomic E-state index is 11.9. The van der Waals surface area contributed by atoms with E-state index in [4.69, 9.17) is 11.6 Å². The van der Waals surface area contributed by atoms with Gasteiger partial charge < -0.3 is 16.0 Å². The minimum absolute atomic E-state index is 0.0391. The van der Waals surface area contributed by atoms with Gasteiger partial charge in [0.1, 0.15) is 0 Å². The molecule has 1 fully saturated rings. The summed E-state index contributed by atoms with van der Waals surface area (Å²) < 4.78 is 22.8. The van der Waals surface area contributed by atoms with E-state index in [1.807, 2.05) is 24.3 Å². The fourth-order valence-corrected chi connectivity index (χ4v) is 4.64. The highest BCUT2D eigenvalue weighted by molar-refractivity contribution is 7.91. The second-order valence-corrected chi connectivity index (χ2v) is 8.82. The standard InChI is InChI=1S/C17H25ClN4O3S/c1-19-17(20-9-6-13-4-2-3-5-15(13)18)21-10-7-16(23)22-14-8-11-26(24,25)12-14/h2-5,14H,6-12H2,1H3,(H,22,23)(H2,19,20,21). The second-order valence-electron chi connectivity index (χ2n) is 6.18. The van der Waals surface area contributed by atoms with Crippen molar-refractivity contribution < 1.29 is 13.2 Å². The summed E-state index contributed by atoms with van der Waals surface area (Å²) in [6, 6.07) is 7.42. The molecule has 1 atom stereocenters.